The smallest absolute Gasteiger partial charge is 0.227 e. The van der Waals surface area contributed by atoms with Crippen LogP contribution in [0.5, 0.6) is 5.75 Å². The predicted molar refractivity (Wildman–Crippen MR) is 84.0 cm³/mol. The van der Waals surface area contributed by atoms with Crippen LogP contribution in [0.25, 0.3) is 0 Å². The van der Waals surface area contributed by atoms with Gasteiger partial charge in [0.1, 0.15) is 5.75 Å². The maximum absolute atomic E-state index is 12.4. The third-order valence-electron chi connectivity index (χ3n) is 4.36. The van der Waals surface area contributed by atoms with Crippen molar-refractivity contribution in [2.24, 2.45) is 0 Å². The minimum Gasteiger partial charge on any atom is -0.493 e. The summed E-state index contributed by atoms with van der Waals surface area (Å²) in [6.07, 6.45) is 1.09. The van der Waals surface area contributed by atoms with Gasteiger partial charge in [-0.15, -0.1) is 0 Å². The SMILES string of the molecule is C[C@@H](O)CN1CCN(C(=O)Cc2ccc3c(c2)CCO3)CC1. The third kappa shape index (κ3) is 3.59. The van der Waals surface area contributed by atoms with Crippen molar-refractivity contribution in [3.63, 3.8) is 0 Å². The number of nitrogens with zero attached hydrogens (tertiary/aromatic N) is 2. The van der Waals surface area contributed by atoms with Gasteiger partial charge in [-0.2, -0.15) is 0 Å². The van der Waals surface area contributed by atoms with Crippen LogP contribution in [0.4, 0.5) is 0 Å². The fraction of sp³-hybridized carbons (Fsp3) is 0.588. The maximum Gasteiger partial charge on any atom is 0.227 e. The molecule has 1 saturated heterocycles. The molecule has 1 aromatic rings. The number of fused-ring (bicyclic) bond motifs is 1. The van der Waals surface area contributed by atoms with Gasteiger partial charge in [-0.25, -0.2) is 0 Å². The van der Waals surface area contributed by atoms with E-state index in [-0.39, 0.29) is 12.0 Å². The summed E-state index contributed by atoms with van der Waals surface area (Å²) in [5.41, 5.74) is 2.28. The summed E-state index contributed by atoms with van der Waals surface area (Å²) in [6, 6.07) is 6.07. The van der Waals surface area contributed by atoms with E-state index in [1.165, 1.54) is 5.56 Å². The highest BCUT2D eigenvalue weighted by molar-refractivity contribution is 5.79. The molecule has 2 aliphatic heterocycles. The standard InChI is InChI=1S/C17H24N2O3/c1-13(20)12-18-5-7-19(8-6-18)17(21)11-14-2-3-16-15(10-14)4-9-22-16/h2-3,10,13,20H,4-9,11-12H2,1H3/t13-/m1/s1. The number of hydrogen-bond acceptors (Lipinski definition) is 4. The van der Waals surface area contributed by atoms with E-state index in [2.05, 4.69) is 11.0 Å². The largest absolute Gasteiger partial charge is 0.493 e. The van der Waals surface area contributed by atoms with Gasteiger partial charge in [-0.1, -0.05) is 12.1 Å². The second-order valence-corrected chi connectivity index (χ2v) is 6.25. The molecule has 120 valence electrons. The van der Waals surface area contributed by atoms with E-state index in [4.69, 9.17) is 4.74 Å². The first kappa shape index (κ1) is 15.3. The van der Waals surface area contributed by atoms with Crippen molar-refractivity contribution >= 4 is 5.91 Å². The summed E-state index contributed by atoms with van der Waals surface area (Å²) in [5, 5.41) is 9.42. The molecule has 0 saturated carbocycles. The number of aliphatic hydroxyl groups is 1. The first-order valence-corrected chi connectivity index (χ1v) is 8.04. The zero-order valence-corrected chi connectivity index (χ0v) is 13.1. The van der Waals surface area contributed by atoms with Crippen LogP contribution in [0.15, 0.2) is 18.2 Å². The lowest BCUT2D eigenvalue weighted by Gasteiger charge is -2.35. The molecule has 0 aromatic heterocycles. The number of aliphatic hydroxyl groups excluding tert-OH is 1. The lowest BCUT2D eigenvalue weighted by molar-refractivity contribution is -0.132. The van der Waals surface area contributed by atoms with E-state index < -0.39 is 0 Å². The van der Waals surface area contributed by atoms with E-state index in [0.29, 0.717) is 13.0 Å². The van der Waals surface area contributed by atoms with Gasteiger partial charge in [0, 0.05) is 39.1 Å². The quantitative estimate of drug-likeness (QED) is 0.889. The molecule has 22 heavy (non-hydrogen) atoms. The summed E-state index contributed by atoms with van der Waals surface area (Å²) in [7, 11) is 0. The topological polar surface area (TPSA) is 53.0 Å². The number of carbonyl (C=O) groups excluding carboxylic acids is 1. The molecular weight excluding hydrogens is 280 g/mol. The molecule has 2 heterocycles. The summed E-state index contributed by atoms with van der Waals surface area (Å²) in [5.74, 6) is 1.15. The van der Waals surface area contributed by atoms with Gasteiger partial charge in [0.15, 0.2) is 0 Å². The lowest BCUT2D eigenvalue weighted by Crippen LogP contribution is -2.50. The Bertz CT molecular complexity index is 537. The molecule has 1 amide bonds. The van der Waals surface area contributed by atoms with Gasteiger partial charge >= 0.3 is 0 Å². The van der Waals surface area contributed by atoms with Crippen LogP contribution in [0.1, 0.15) is 18.1 Å². The Morgan fingerprint density at radius 3 is 2.82 bits per heavy atom. The van der Waals surface area contributed by atoms with E-state index >= 15 is 0 Å². The number of rotatable bonds is 4. The number of carbonyl (C=O) groups is 1. The number of piperazine rings is 1. The molecule has 1 N–H and O–H groups in total. The summed E-state index contributed by atoms with van der Waals surface area (Å²) in [6.45, 7) is 6.42. The van der Waals surface area contributed by atoms with E-state index in [1.807, 2.05) is 17.0 Å². The van der Waals surface area contributed by atoms with Crippen molar-refractivity contribution < 1.29 is 14.6 Å². The van der Waals surface area contributed by atoms with E-state index in [0.717, 1.165) is 50.5 Å². The normalized spacial score (nSPS) is 19.6. The second-order valence-electron chi connectivity index (χ2n) is 6.25. The number of hydrogen-bond donors (Lipinski definition) is 1. The van der Waals surface area contributed by atoms with E-state index in [1.54, 1.807) is 6.92 Å². The Balaban J connectivity index is 1.52. The molecule has 0 spiro atoms. The Hall–Kier alpha value is -1.59. The zero-order chi connectivity index (χ0) is 15.5. The van der Waals surface area contributed by atoms with Crippen molar-refractivity contribution in [3.8, 4) is 5.75 Å². The van der Waals surface area contributed by atoms with Gasteiger partial charge in [-0.3, -0.25) is 9.69 Å². The van der Waals surface area contributed by atoms with Gasteiger partial charge in [0.25, 0.3) is 0 Å². The number of amides is 1. The highest BCUT2D eigenvalue weighted by Gasteiger charge is 2.22. The summed E-state index contributed by atoms with van der Waals surface area (Å²) < 4.78 is 5.50. The fourth-order valence-electron chi connectivity index (χ4n) is 3.19. The molecule has 2 aliphatic rings. The van der Waals surface area contributed by atoms with E-state index in [9.17, 15) is 9.90 Å². The molecule has 1 aromatic carbocycles. The third-order valence-corrected chi connectivity index (χ3v) is 4.36. The number of benzene rings is 1. The molecule has 0 bridgehead atoms. The van der Waals surface area contributed by atoms with Crippen molar-refractivity contribution in [2.75, 3.05) is 39.3 Å². The second kappa shape index (κ2) is 6.67. The van der Waals surface area contributed by atoms with Crippen LogP contribution in [-0.4, -0.2) is 66.2 Å². The first-order valence-electron chi connectivity index (χ1n) is 8.04. The Labute approximate surface area is 131 Å². The zero-order valence-electron chi connectivity index (χ0n) is 13.1. The molecule has 0 unspecified atom stereocenters. The van der Waals surface area contributed by atoms with Crippen LogP contribution < -0.4 is 4.74 Å². The molecule has 3 rings (SSSR count). The minimum absolute atomic E-state index is 0.190. The van der Waals surface area contributed by atoms with Crippen LogP contribution in [0.3, 0.4) is 0 Å². The fourth-order valence-corrected chi connectivity index (χ4v) is 3.19. The first-order chi connectivity index (χ1) is 10.6. The van der Waals surface area contributed by atoms with Crippen molar-refractivity contribution in [1.82, 2.24) is 9.80 Å². The van der Waals surface area contributed by atoms with Crippen LogP contribution in [0, 0.1) is 0 Å². The molecule has 0 aliphatic carbocycles. The molecule has 1 fully saturated rings. The molecule has 0 radical (unpaired) electrons. The number of ether oxygens (including phenoxy) is 1. The predicted octanol–water partition coefficient (Wildman–Crippen LogP) is 0.689. The Morgan fingerprint density at radius 2 is 2.09 bits per heavy atom. The van der Waals surface area contributed by atoms with Crippen molar-refractivity contribution in [3.05, 3.63) is 29.3 Å². The van der Waals surface area contributed by atoms with Gasteiger partial charge in [0.05, 0.1) is 19.1 Å². The monoisotopic (exact) mass is 304 g/mol. The van der Waals surface area contributed by atoms with Crippen molar-refractivity contribution in [1.29, 1.82) is 0 Å². The van der Waals surface area contributed by atoms with Gasteiger partial charge in [-0.05, 0) is 24.1 Å². The maximum atomic E-state index is 12.4. The van der Waals surface area contributed by atoms with Gasteiger partial charge in [0.2, 0.25) is 5.91 Å². The summed E-state index contributed by atoms with van der Waals surface area (Å²) >= 11 is 0. The molecular formula is C17H24N2O3. The van der Waals surface area contributed by atoms with Crippen LogP contribution >= 0.6 is 0 Å². The van der Waals surface area contributed by atoms with Crippen LogP contribution in [-0.2, 0) is 17.6 Å². The summed E-state index contributed by atoms with van der Waals surface area (Å²) in [4.78, 5) is 16.6. The van der Waals surface area contributed by atoms with Crippen molar-refractivity contribution in [2.45, 2.75) is 25.9 Å². The highest BCUT2D eigenvalue weighted by Crippen LogP contribution is 2.26. The molecule has 5 nitrogen and oxygen atoms in total. The minimum atomic E-state index is -0.309. The average molecular weight is 304 g/mol. The molecule has 5 heteroatoms. The Kier molecular flexibility index (Phi) is 4.64. The Morgan fingerprint density at radius 1 is 1.32 bits per heavy atom. The number of β-amino-alcohol motifs (C(OH)–C–C–N with tert-alkyl or cyclic N) is 1. The van der Waals surface area contributed by atoms with Gasteiger partial charge < -0.3 is 14.7 Å². The van der Waals surface area contributed by atoms with Crippen LogP contribution in [0.2, 0.25) is 0 Å². The average Bonchev–Trinajstić information content (AvgIpc) is 2.95. The highest BCUT2D eigenvalue weighted by atomic mass is 16.5. The lowest BCUT2D eigenvalue weighted by atomic mass is 10.1. The molecule has 1 atom stereocenters.